The molecule has 0 aromatic heterocycles. The van der Waals surface area contributed by atoms with Gasteiger partial charge in [0.25, 0.3) is 0 Å². The second-order valence-corrected chi connectivity index (χ2v) is 9.71. The third-order valence-electron chi connectivity index (χ3n) is 6.32. The minimum Gasteiger partial charge on any atom is -0.463 e. The molecule has 0 spiro atoms. The number of carbonyl (C=O) groups excluding carboxylic acids is 3. The van der Waals surface area contributed by atoms with E-state index < -0.39 is 0 Å². The van der Waals surface area contributed by atoms with E-state index in [2.05, 4.69) is 13.0 Å². The fourth-order valence-corrected chi connectivity index (χ4v) is 3.71. The summed E-state index contributed by atoms with van der Waals surface area (Å²) in [6, 6.07) is 31.4. The number of aldehydes is 2. The van der Waals surface area contributed by atoms with Crippen LogP contribution in [0, 0.1) is 27.7 Å². The fourth-order valence-electron chi connectivity index (χ4n) is 3.71. The molecule has 0 radical (unpaired) electrons. The number of benzene rings is 4. The number of aliphatic hydroxyl groups is 1. The topological polar surface area (TPSA) is 80.7 Å². The first-order valence-electron chi connectivity index (χ1n) is 14.7. The summed E-state index contributed by atoms with van der Waals surface area (Å²) < 4.78 is 4.78. The number of rotatable bonds is 8. The number of carbonyl (C=O) groups is 3. The summed E-state index contributed by atoms with van der Waals surface area (Å²) in [5, 5.41) is 8.53. The van der Waals surface area contributed by atoms with Crippen molar-refractivity contribution in [2.45, 2.75) is 34.6 Å². The minimum atomic E-state index is -0.296. The number of esters is 1. The third kappa shape index (κ3) is 16.3. The van der Waals surface area contributed by atoms with Crippen LogP contribution in [0.4, 0.5) is 0 Å². The number of aliphatic hydroxyl groups excluding tert-OH is 1. The number of ether oxygens (including phenoxy) is 1. The van der Waals surface area contributed by atoms with E-state index in [0.29, 0.717) is 6.61 Å². The standard InChI is InChI=1S/C12H14O2.C10H12O.C10H10O.C8H8O/c1-3-14-12(13)9-8-11-7-5-4-6-10(11)2;2*1-9-5-2-3-6-10(9)7-4-8-11;1-7-4-2-3-5-8(7)6-9/h4-9H,3H2,1-2H3;2-7,11H,8H2,1H3;2-8H,1H3;2-6H,1H3/b9-8+;2*7-4+;. The summed E-state index contributed by atoms with van der Waals surface area (Å²) >= 11 is 0. The van der Waals surface area contributed by atoms with E-state index in [1.54, 1.807) is 19.1 Å². The van der Waals surface area contributed by atoms with Gasteiger partial charge >= 0.3 is 5.97 Å². The van der Waals surface area contributed by atoms with Crippen molar-refractivity contribution >= 4 is 36.8 Å². The van der Waals surface area contributed by atoms with Gasteiger partial charge in [-0.3, -0.25) is 9.59 Å². The maximum absolute atomic E-state index is 11.0. The Morgan fingerprint density at radius 1 is 0.622 bits per heavy atom. The van der Waals surface area contributed by atoms with E-state index >= 15 is 0 Å². The molecule has 0 aliphatic heterocycles. The van der Waals surface area contributed by atoms with Crippen molar-refractivity contribution in [3.8, 4) is 0 Å². The van der Waals surface area contributed by atoms with Crippen LogP contribution in [0.2, 0.25) is 0 Å². The van der Waals surface area contributed by atoms with Crippen molar-refractivity contribution in [3.63, 3.8) is 0 Å². The molecule has 5 heteroatoms. The highest BCUT2D eigenvalue weighted by Gasteiger charge is 1.95. The maximum Gasteiger partial charge on any atom is 0.330 e. The van der Waals surface area contributed by atoms with Crippen LogP contribution in [0.3, 0.4) is 0 Å². The van der Waals surface area contributed by atoms with Gasteiger partial charge in [-0.15, -0.1) is 0 Å². The second kappa shape index (κ2) is 23.3. The summed E-state index contributed by atoms with van der Waals surface area (Å²) in [6.45, 7) is 10.3. The van der Waals surface area contributed by atoms with Gasteiger partial charge in [-0.25, -0.2) is 4.79 Å². The lowest BCUT2D eigenvalue weighted by molar-refractivity contribution is -0.137. The number of allylic oxidation sites excluding steroid dienone is 1. The van der Waals surface area contributed by atoms with Crippen molar-refractivity contribution < 1.29 is 24.2 Å². The zero-order valence-electron chi connectivity index (χ0n) is 26.9. The zero-order valence-corrected chi connectivity index (χ0v) is 26.9. The highest BCUT2D eigenvalue weighted by atomic mass is 16.5. The Kier molecular flexibility index (Phi) is 19.7. The average Bonchev–Trinajstić information content (AvgIpc) is 3.05. The van der Waals surface area contributed by atoms with Crippen LogP contribution in [0.5, 0.6) is 0 Å². The van der Waals surface area contributed by atoms with E-state index in [1.807, 2.05) is 124 Å². The van der Waals surface area contributed by atoms with E-state index in [4.69, 9.17) is 9.84 Å². The van der Waals surface area contributed by atoms with Crippen molar-refractivity contribution in [3.05, 3.63) is 160 Å². The Hall–Kier alpha value is -5.13. The molecule has 234 valence electrons. The van der Waals surface area contributed by atoms with E-state index in [-0.39, 0.29) is 12.6 Å². The van der Waals surface area contributed by atoms with Crippen molar-refractivity contribution in [2.24, 2.45) is 0 Å². The smallest absolute Gasteiger partial charge is 0.330 e. The monoisotopic (exact) mass is 604 g/mol. The first-order chi connectivity index (χ1) is 21.8. The van der Waals surface area contributed by atoms with E-state index in [1.165, 1.54) is 28.8 Å². The fraction of sp³-hybridized carbons (Fsp3) is 0.175. The molecule has 0 unspecified atom stereocenters. The molecule has 0 amide bonds. The van der Waals surface area contributed by atoms with Gasteiger partial charge in [-0.1, -0.05) is 115 Å². The Bertz CT molecular complexity index is 1550. The van der Waals surface area contributed by atoms with Crippen molar-refractivity contribution in [1.82, 2.24) is 0 Å². The van der Waals surface area contributed by atoms with Gasteiger partial charge < -0.3 is 9.84 Å². The van der Waals surface area contributed by atoms with Crippen molar-refractivity contribution in [1.29, 1.82) is 0 Å². The predicted molar refractivity (Wildman–Crippen MR) is 187 cm³/mol. The quantitative estimate of drug-likeness (QED) is 0.124. The van der Waals surface area contributed by atoms with Crippen LogP contribution in [0.15, 0.2) is 115 Å². The van der Waals surface area contributed by atoms with Crippen LogP contribution in [-0.4, -0.2) is 36.9 Å². The molecule has 0 saturated carbocycles. The number of hydrogen-bond donors (Lipinski definition) is 1. The molecule has 0 fully saturated rings. The molecule has 4 rings (SSSR count). The Balaban J connectivity index is 0.000000303. The SMILES string of the molecule is CCOC(=O)/C=C/c1ccccc1C.Cc1ccccc1/C=C/C=O.Cc1ccccc1/C=C/CO.Cc1ccccc1C=O. The molecule has 4 aromatic carbocycles. The molecule has 0 aliphatic rings. The molecule has 0 aliphatic carbocycles. The van der Waals surface area contributed by atoms with Crippen LogP contribution in [0.1, 0.15) is 56.2 Å². The van der Waals surface area contributed by atoms with Gasteiger partial charge in [-0.2, -0.15) is 0 Å². The highest BCUT2D eigenvalue weighted by Crippen LogP contribution is 2.10. The first kappa shape index (κ1) is 37.9. The molecule has 5 nitrogen and oxygen atoms in total. The zero-order chi connectivity index (χ0) is 33.3. The van der Waals surface area contributed by atoms with E-state index in [9.17, 15) is 14.4 Å². The van der Waals surface area contributed by atoms with Gasteiger partial charge in [0.1, 0.15) is 12.6 Å². The van der Waals surface area contributed by atoms with Crippen LogP contribution < -0.4 is 0 Å². The lowest BCUT2D eigenvalue weighted by atomic mass is 10.1. The third-order valence-corrected chi connectivity index (χ3v) is 6.32. The summed E-state index contributed by atoms with van der Waals surface area (Å²) in [5.41, 5.74) is 8.68. The molecule has 1 N–H and O–H groups in total. The summed E-state index contributed by atoms with van der Waals surface area (Å²) in [7, 11) is 0. The van der Waals surface area contributed by atoms with Crippen LogP contribution >= 0.6 is 0 Å². The second-order valence-electron chi connectivity index (χ2n) is 9.71. The molecule has 0 heterocycles. The summed E-state index contributed by atoms with van der Waals surface area (Å²) in [6.07, 6.45) is 11.9. The van der Waals surface area contributed by atoms with Crippen molar-refractivity contribution in [2.75, 3.05) is 13.2 Å². The first-order valence-corrected chi connectivity index (χ1v) is 14.7. The maximum atomic E-state index is 11.0. The Morgan fingerprint density at radius 2 is 1.02 bits per heavy atom. The van der Waals surface area contributed by atoms with Gasteiger partial charge in [0.2, 0.25) is 0 Å². The molecule has 0 saturated heterocycles. The minimum absolute atomic E-state index is 0.105. The van der Waals surface area contributed by atoms with Crippen LogP contribution in [0.25, 0.3) is 18.2 Å². The van der Waals surface area contributed by atoms with Gasteiger partial charge in [0, 0.05) is 11.6 Å². The Morgan fingerprint density at radius 3 is 1.38 bits per heavy atom. The summed E-state index contributed by atoms with van der Waals surface area (Å²) in [5.74, 6) is -0.296. The normalized spacial score (nSPS) is 10.2. The van der Waals surface area contributed by atoms with Gasteiger partial charge in [0.15, 0.2) is 0 Å². The molecule has 4 aromatic rings. The Labute approximate surface area is 268 Å². The average molecular weight is 605 g/mol. The molecular formula is C40H44O5. The number of aryl methyl sites for hydroxylation is 4. The predicted octanol–water partition coefficient (Wildman–Crippen LogP) is 8.59. The summed E-state index contributed by atoms with van der Waals surface area (Å²) in [4.78, 5) is 31.2. The van der Waals surface area contributed by atoms with Gasteiger partial charge in [-0.05, 0) is 85.7 Å². The lowest BCUT2D eigenvalue weighted by Gasteiger charge is -1.98. The lowest BCUT2D eigenvalue weighted by Crippen LogP contribution is -1.98. The molecule has 0 atom stereocenters. The van der Waals surface area contributed by atoms with E-state index in [0.717, 1.165) is 40.4 Å². The number of hydrogen-bond acceptors (Lipinski definition) is 5. The molecular weight excluding hydrogens is 560 g/mol. The van der Waals surface area contributed by atoms with Gasteiger partial charge in [0.05, 0.1) is 13.2 Å². The highest BCUT2D eigenvalue weighted by molar-refractivity contribution is 5.87. The van der Waals surface area contributed by atoms with Crippen LogP contribution in [-0.2, 0) is 14.3 Å². The molecule has 45 heavy (non-hydrogen) atoms. The largest absolute Gasteiger partial charge is 0.463 e. The molecule has 0 bridgehead atoms.